The van der Waals surface area contributed by atoms with Gasteiger partial charge in [-0.05, 0) is 25.5 Å². The number of halogens is 1. The Hall–Kier alpha value is -2.36. The standard InChI is InChI=1S/C19H21FN4O3S/c1-11-14(20)3-4-15-16(11)22-19(28-15)23-18(25)13-5-7-27-17(13)12-9-21-24(10-12)6-8-26-2/h3-4,9-10,13,17H,5-8H2,1-2H3,(H,22,23,25)/t13-,17+/m0/s1. The number of rotatable bonds is 6. The van der Waals surface area contributed by atoms with Gasteiger partial charge in [-0.2, -0.15) is 5.10 Å². The number of fused-ring (bicyclic) bond motifs is 1. The monoisotopic (exact) mass is 404 g/mol. The van der Waals surface area contributed by atoms with Gasteiger partial charge in [0.1, 0.15) is 5.82 Å². The van der Waals surface area contributed by atoms with Crippen molar-refractivity contribution >= 4 is 32.6 Å². The van der Waals surface area contributed by atoms with Gasteiger partial charge in [0.25, 0.3) is 0 Å². The number of carbonyl (C=O) groups is 1. The lowest BCUT2D eigenvalue weighted by Gasteiger charge is -2.16. The molecule has 9 heteroatoms. The lowest BCUT2D eigenvalue weighted by Crippen LogP contribution is -2.25. The Morgan fingerprint density at radius 3 is 3.18 bits per heavy atom. The van der Waals surface area contributed by atoms with Crippen LogP contribution in [0.15, 0.2) is 24.5 Å². The molecule has 0 saturated carbocycles. The van der Waals surface area contributed by atoms with Crippen LogP contribution in [0.4, 0.5) is 9.52 Å². The first-order valence-electron chi connectivity index (χ1n) is 9.06. The molecular weight excluding hydrogens is 383 g/mol. The summed E-state index contributed by atoms with van der Waals surface area (Å²) >= 11 is 1.34. The number of nitrogens with one attached hydrogen (secondary N) is 1. The molecule has 1 fully saturated rings. The molecule has 0 aliphatic carbocycles. The molecule has 7 nitrogen and oxygen atoms in total. The van der Waals surface area contributed by atoms with E-state index in [2.05, 4.69) is 15.4 Å². The van der Waals surface area contributed by atoms with E-state index in [9.17, 15) is 9.18 Å². The number of hydrogen-bond donors (Lipinski definition) is 1. The van der Waals surface area contributed by atoms with Crippen LogP contribution in [0.5, 0.6) is 0 Å². The van der Waals surface area contributed by atoms with Crippen LogP contribution in [0, 0.1) is 18.7 Å². The zero-order chi connectivity index (χ0) is 19.7. The first-order chi connectivity index (χ1) is 13.6. The van der Waals surface area contributed by atoms with E-state index in [1.807, 2.05) is 6.20 Å². The van der Waals surface area contributed by atoms with Crippen molar-refractivity contribution in [2.24, 2.45) is 5.92 Å². The first-order valence-corrected chi connectivity index (χ1v) is 9.88. The minimum Gasteiger partial charge on any atom is -0.383 e. The van der Waals surface area contributed by atoms with Crippen molar-refractivity contribution in [3.8, 4) is 0 Å². The summed E-state index contributed by atoms with van der Waals surface area (Å²) in [4.78, 5) is 17.3. The number of nitrogens with zero attached hydrogens (tertiary/aromatic N) is 3. The van der Waals surface area contributed by atoms with E-state index in [1.54, 1.807) is 31.0 Å². The maximum atomic E-state index is 13.7. The van der Waals surface area contributed by atoms with E-state index >= 15 is 0 Å². The molecule has 148 valence electrons. The molecule has 1 aliphatic heterocycles. The third kappa shape index (κ3) is 3.65. The molecule has 2 aromatic heterocycles. The molecule has 0 bridgehead atoms. The molecule has 28 heavy (non-hydrogen) atoms. The molecule has 1 N–H and O–H groups in total. The Kier molecular flexibility index (Phi) is 5.38. The number of aryl methyl sites for hydroxylation is 1. The van der Waals surface area contributed by atoms with E-state index < -0.39 is 0 Å². The molecule has 1 amide bonds. The summed E-state index contributed by atoms with van der Waals surface area (Å²) in [5.41, 5.74) is 1.94. The fourth-order valence-corrected chi connectivity index (χ4v) is 4.30. The van der Waals surface area contributed by atoms with E-state index in [0.29, 0.717) is 42.4 Å². The highest BCUT2D eigenvalue weighted by molar-refractivity contribution is 7.22. The average molecular weight is 404 g/mol. The minimum absolute atomic E-state index is 0.149. The minimum atomic E-state index is -0.343. The molecule has 0 spiro atoms. The van der Waals surface area contributed by atoms with Crippen LogP contribution in [-0.2, 0) is 20.8 Å². The van der Waals surface area contributed by atoms with Gasteiger partial charge >= 0.3 is 0 Å². The first kappa shape index (κ1) is 19.0. The van der Waals surface area contributed by atoms with Crippen LogP contribution in [-0.4, -0.2) is 41.0 Å². The Labute approximate surface area is 165 Å². The average Bonchev–Trinajstić information content (AvgIpc) is 3.41. The maximum Gasteiger partial charge on any atom is 0.232 e. The van der Waals surface area contributed by atoms with Crippen molar-refractivity contribution in [1.29, 1.82) is 0 Å². The number of aromatic nitrogens is 3. The van der Waals surface area contributed by atoms with Crippen LogP contribution < -0.4 is 5.32 Å². The predicted octanol–water partition coefficient (Wildman–Crippen LogP) is 3.30. The number of ether oxygens (including phenoxy) is 2. The smallest absolute Gasteiger partial charge is 0.232 e. The zero-order valence-electron chi connectivity index (χ0n) is 15.6. The van der Waals surface area contributed by atoms with E-state index in [0.717, 1.165) is 10.3 Å². The van der Waals surface area contributed by atoms with Crippen LogP contribution in [0.25, 0.3) is 10.2 Å². The molecule has 3 aromatic rings. The predicted molar refractivity (Wildman–Crippen MR) is 104 cm³/mol. The second-order valence-corrected chi connectivity index (χ2v) is 7.77. The lowest BCUT2D eigenvalue weighted by atomic mass is 9.96. The van der Waals surface area contributed by atoms with Crippen molar-refractivity contribution in [2.75, 3.05) is 25.6 Å². The van der Waals surface area contributed by atoms with Crippen LogP contribution in [0.3, 0.4) is 0 Å². The largest absolute Gasteiger partial charge is 0.383 e. The van der Waals surface area contributed by atoms with Crippen LogP contribution in [0.1, 0.15) is 23.7 Å². The van der Waals surface area contributed by atoms with E-state index in [-0.39, 0.29) is 23.7 Å². The molecule has 2 atom stereocenters. The summed E-state index contributed by atoms with van der Waals surface area (Å²) in [7, 11) is 1.64. The fraction of sp³-hybridized carbons (Fsp3) is 0.421. The van der Waals surface area contributed by atoms with Crippen molar-refractivity contribution in [3.63, 3.8) is 0 Å². The van der Waals surface area contributed by atoms with Gasteiger partial charge in [0.05, 0.1) is 41.6 Å². The number of benzene rings is 1. The lowest BCUT2D eigenvalue weighted by molar-refractivity contribution is -0.121. The molecule has 1 aromatic carbocycles. The summed E-state index contributed by atoms with van der Waals surface area (Å²) in [6, 6.07) is 3.10. The quantitative estimate of drug-likeness (QED) is 0.682. The number of thiazole rings is 1. The van der Waals surface area contributed by atoms with Crippen molar-refractivity contribution in [2.45, 2.75) is 26.0 Å². The third-order valence-corrected chi connectivity index (χ3v) is 5.85. The number of carbonyl (C=O) groups excluding carboxylic acids is 1. The second kappa shape index (κ2) is 7.94. The van der Waals surface area contributed by atoms with Crippen molar-refractivity contribution < 1.29 is 18.7 Å². The third-order valence-electron chi connectivity index (χ3n) is 4.91. The van der Waals surface area contributed by atoms with Gasteiger partial charge in [0, 0.05) is 31.0 Å². The van der Waals surface area contributed by atoms with E-state index in [1.165, 1.54) is 17.4 Å². The summed E-state index contributed by atoms with van der Waals surface area (Å²) in [5.74, 6) is -0.778. The normalized spacial score (nSPS) is 19.4. The summed E-state index contributed by atoms with van der Waals surface area (Å²) in [5, 5.41) is 7.65. The summed E-state index contributed by atoms with van der Waals surface area (Å²) in [6.07, 6.45) is 3.90. The van der Waals surface area contributed by atoms with Gasteiger partial charge in [-0.1, -0.05) is 11.3 Å². The van der Waals surface area contributed by atoms with Gasteiger partial charge < -0.3 is 14.8 Å². The van der Waals surface area contributed by atoms with Gasteiger partial charge in [0.15, 0.2) is 5.13 Å². The van der Waals surface area contributed by atoms with Crippen molar-refractivity contribution in [1.82, 2.24) is 14.8 Å². The molecule has 1 aliphatic rings. The van der Waals surface area contributed by atoms with Gasteiger partial charge in [-0.15, -0.1) is 0 Å². The Morgan fingerprint density at radius 1 is 1.50 bits per heavy atom. The number of amides is 1. The van der Waals surface area contributed by atoms with Gasteiger partial charge in [-0.25, -0.2) is 9.37 Å². The zero-order valence-corrected chi connectivity index (χ0v) is 16.5. The highest BCUT2D eigenvalue weighted by Gasteiger charge is 2.36. The summed E-state index contributed by atoms with van der Waals surface area (Å²) in [6.45, 7) is 3.40. The topological polar surface area (TPSA) is 78.3 Å². The second-order valence-electron chi connectivity index (χ2n) is 6.74. The Morgan fingerprint density at radius 2 is 2.36 bits per heavy atom. The maximum absolute atomic E-state index is 13.7. The van der Waals surface area contributed by atoms with Crippen molar-refractivity contribution in [3.05, 3.63) is 41.5 Å². The molecular formula is C19H21FN4O3S. The Balaban J connectivity index is 1.49. The number of hydrogen-bond acceptors (Lipinski definition) is 6. The SMILES string of the molecule is COCCn1cc([C@H]2OCC[C@@H]2C(=O)Nc2nc3c(C)c(F)ccc3s2)cn1. The van der Waals surface area contributed by atoms with Gasteiger partial charge in [0.2, 0.25) is 5.91 Å². The number of methoxy groups -OCH3 is 1. The Bertz CT molecular complexity index is 1000. The number of anilines is 1. The van der Waals surface area contributed by atoms with Gasteiger partial charge in [-0.3, -0.25) is 9.48 Å². The molecule has 0 unspecified atom stereocenters. The molecule has 1 saturated heterocycles. The van der Waals surface area contributed by atoms with E-state index in [4.69, 9.17) is 9.47 Å². The summed E-state index contributed by atoms with van der Waals surface area (Å²) < 4.78 is 27.2. The molecule has 4 rings (SSSR count). The highest BCUT2D eigenvalue weighted by Crippen LogP contribution is 2.36. The fourth-order valence-electron chi connectivity index (χ4n) is 3.37. The van der Waals surface area contributed by atoms with Crippen LogP contribution >= 0.6 is 11.3 Å². The highest BCUT2D eigenvalue weighted by atomic mass is 32.1. The molecule has 3 heterocycles. The van der Waals surface area contributed by atoms with Crippen LogP contribution in [0.2, 0.25) is 0 Å². The molecule has 0 radical (unpaired) electrons.